The van der Waals surface area contributed by atoms with E-state index in [-0.39, 0.29) is 5.97 Å². The molecule has 4 heteroatoms. The number of esters is 1. The molecule has 0 radical (unpaired) electrons. The number of aryl methyl sites for hydroxylation is 1. The van der Waals surface area contributed by atoms with Gasteiger partial charge in [0.2, 0.25) is 0 Å². The maximum absolute atomic E-state index is 11.1. The van der Waals surface area contributed by atoms with E-state index in [1.165, 1.54) is 6.92 Å². The van der Waals surface area contributed by atoms with Crippen molar-refractivity contribution in [3.63, 3.8) is 0 Å². The SMILES string of the molecule is CNCCCc1c(C)ccc(OC(C)=O)c1OC. The van der Waals surface area contributed by atoms with Gasteiger partial charge in [-0.05, 0) is 45.0 Å². The summed E-state index contributed by atoms with van der Waals surface area (Å²) in [7, 11) is 3.53. The van der Waals surface area contributed by atoms with Crippen LogP contribution in [0.2, 0.25) is 0 Å². The molecule has 0 unspecified atom stereocenters. The third-order valence-corrected chi connectivity index (χ3v) is 2.77. The molecule has 0 amide bonds. The molecule has 0 bridgehead atoms. The van der Waals surface area contributed by atoms with Gasteiger partial charge in [0.25, 0.3) is 0 Å². The lowest BCUT2D eigenvalue weighted by molar-refractivity contribution is -0.132. The van der Waals surface area contributed by atoms with Crippen molar-refractivity contribution in [2.24, 2.45) is 0 Å². The zero-order valence-corrected chi connectivity index (χ0v) is 11.5. The second kappa shape index (κ2) is 7.01. The third-order valence-electron chi connectivity index (χ3n) is 2.77. The van der Waals surface area contributed by atoms with Crippen molar-refractivity contribution in [2.45, 2.75) is 26.7 Å². The molecule has 0 spiro atoms. The van der Waals surface area contributed by atoms with Crippen LogP contribution in [0.3, 0.4) is 0 Å². The zero-order chi connectivity index (χ0) is 13.5. The molecule has 0 aliphatic carbocycles. The highest BCUT2D eigenvalue weighted by Gasteiger charge is 2.14. The molecule has 0 aromatic heterocycles. The summed E-state index contributed by atoms with van der Waals surface area (Å²) in [6, 6.07) is 3.73. The summed E-state index contributed by atoms with van der Waals surface area (Å²) in [4.78, 5) is 11.1. The topological polar surface area (TPSA) is 47.6 Å². The van der Waals surface area contributed by atoms with E-state index < -0.39 is 0 Å². The van der Waals surface area contributed by atoms with Gasteiger partial charge in [0, 0.05) is 12.5 Å². The van der Waals surface area contributed by atoms with Crippen LogP contribution in [0.1, 0.15) is 24.5 Å². The Bertz CT molecular complexity index is 416. The number of rotatable bonds is 6. The Morgan fingerprint density at radius 2 is 2.11 bits per heavy atom. The average molecular weight is 251 g/mol. The quantitative estimate of drug-likeness (QED) is 0.478. The van der Waals surface area contributed by atoms with Gasteiger partial charge in [0.15, 0.2) is 11.5 Å². The predicted molar refractivity (Wildman–Crippen MR) is 71.3 cm³/mol. The number of carbonyl (C=O) groups excluding carboxylic acids is 1. The molecule has 1 aromatic rings. The van der Waals surface area contributed by atoms with Gasteiger partial charge in [0.05, 0.1) is 7.11 Å². The lowest BCUT2D eigenvalue weighted by Gasteiger charge is -2.15. The van der Waals surface area contributed by atoms with Crippen LogP contribution in [0.15, 0.2) is 12.1 Å². The highest BCUT2D eigenvalue weighted by molar-refractivity contribution is 5.71. The van der Waals surface area contributed by atoms with Crippen LogP contribution >= 0.6 is 0 Å². The standard InChI is InChI=1S/C14H21NO3/c1-10-7-8-13(18-11(2)16)14(17-4)12(10)6-5-9-15-3/h7-8,15H,5-6,9H2,1-4H3. The first-order valence-electron chi connectivity index (χ1n) is 6.09. The molecule has 0 saturated carbocycles. The van der Waals surface area contributed by atoms with Crippen molar-refractivity contribution in [3.8, 4) is 11.5 Å². The van der Waals surface area contributed by atoms with Crippen LogP contribution < -0.4 is 14.8 Å². The first kappa shape index (κ1) is 14.5. The highest BCUT2D eigenvalue weighted by atomic mass is 16.6. The minimum Gasteiger partial charge on any atom is -0.493 e. The molecule has 0 saturated heterocycles. The second-order valence-corrected chi connectivity index (χ2v) is 4.19. The van der Waals surface area contributed by atoms with Gasteiger partial charge >= 0.3 is 5.97 Å². The average Bonchev–Trinajstić information content (AvgIpc) is 2.32. The fraction of sp³-hybridized carbons (Fsp3) is 0.500. The van der Waals surface area contributed by atoms with Gasteiger partial charge in [-0.1, -0.05) is 6.07 Å². The smallest absolute Gasteiger partial charge is 0.308 e. The van der Waals surface area contributed by atoms with Crippen LogP contribution in [0.25, 0.3) is 0 Å². The first-order chi connectivity index (χ1) is 8.60. The fourth-order valence-electron chi connectivity index (χ4n) is 1.92. The summed E-state index contributed by atoms with van der Waals surface area (Å²) < 4.78 is 10.5. The summed E-state index contributed by atoms with van der Waals surface area (Å²) in [6.07, 6.45) is 1.90. The molecule has 100 valence electrons. The molecule has 1 N–H and O–H groups in total. The minimum absolute atomic E-state index is 0.335. The molecule has 4 nitrogen and oxygen atoms in total. The van der Waals surface area contributed by atoms with E-state index in [0.29, 0.717) is 11.5 Å². The third kappa shape index (κ3) is 3.74. The van der Waals surface area contributed by atoms with E-state index in [0.717, 1.165) is 30.5 Å². The maximum Gasteiger partial charge on any atom is 0.308 e. The van der Waals surface area contributed by atoms with Gasteiger partial charge in [-0.3, -0.25) is 4.79 Å². The largest absolute Gasteiger partial charge is 0.493 e. The Morgan fingerprint density at radius 3 is 2.67 bits per heavy atom. The van der Waals surface area contributed by atoms with Crippen molar-refractivity contribution in [1.29, 1.82) is 0 Å². The summed E-state index contributed by atoms with van der Waals surface area (Å²) in [5.74, 6) is 0.828. The minimum atomic E-state index is -0.335. The molecule has 1 rings (SSSR count). The highest BCUT2D eigenvalue weighted by Crippen LogP contribution is 2.34. The Morgan fingerprint density at radius 1 is 1.39 bits per heavy atom. The van der Waals surface area contributed by atoms with E-state index in [4.69, 9.17) is 9.47 Å². The summed E-state index contributed by atoms with van der Waals surface area (Å²) in [5, 5.41) is 3.12. The lowest BCUT2D eigenvalue weighted by Crippen LogP contribution is -2.10. The summed E-state index contributed by atoms with van der Waals surface area (Å²) in [5.41, 5.74) is 2.25. The van der Waals surface area contributed by atoms with Gasteiger partial charge in [0.1, 0.15) is 0 Å². The number of hydrogen-bond donors (Lipinski definition) is 1. The summed E-state index contributed by atoms with van der Waals surface area (Å²) in [6.45, 7) is 4.37. The second-order valence-electron chi connectivity index (χ2n) is 4.19. The van der Waals surface area contributed by atoms with Crippen molar-refractivity contribution < 1.29 is 14.3 Å². The Kier molecular flexibility index (Phi) is 5.65. The molecule has 0 aliphatic heterocycles. The molecule has 0 aliphatic rings. The molecule has 18 heavy (non-hydrogen) atoms. The van der Waals surface area contributed by atoms with E-state index in [9.17, 15) is 4.79 Å². The molecule has 0 fully saturated rings. The Balaban J connectivity index is 3.01. The van der Waals surface area contributed by atoms with Gasteiger partial charge in [-0.2, -0.15) is 0 Å². The van der Waals surface area contributed by atoms with E-state index >= 15 is 0 Å². The number of nitrogens with one attached hydrogen (secondary N) is 1. The monoisotopic (exact) mass is 251 g/mol. The van der Waals surface area contributed by atoms with Gasteiger partial charge in [-0.25, -0.2) is 0 Å². The van der Waals surface area contributed by atoms with Gasteiger partial charge < -0.3 is 14.8 Å². The zero-order valence-electron chi connectivity index (χ0n) is 11.5. The predicted octanol–water partition coefficient (Wildman–Crippen LogP) is 2.08. The molecule has 1 aromatic carbocycles. The number of hydrogen-bond acceptors (Lipinski definition) is 4. The first-order valence-corrected chi connectivity index (χ1v) is 6.09. The molecule has 0 heterocycles. The molecular weight excluding hydrogens is 230 g/mol. The van der Waals surface area contributed by atoms with Crippen LogP contribution in [-0.2, 0) is 11.2 Å². The van der Waals surface area contributed by atoms with E-state index in [1.54, 1.807) is 13.2 Å². The maximum atomic E-state index is 11.1. The van der Waals surface area contributed by atoms with Crippen LogP contribution in [-0.4, -0.2) is 26.7 Å². The fourth-order valence-corrected chi connectivity index (χ4v) is 1.92. The molecular formula is C14H21NO3. The Hall–Kier alpha value is -1.55. The summed E-state index contributed by atoms with van der Waals surface area (Å²) >= 11 is 0. The van der Waals surface area contributed by atoms with E-state index in [2.05, 4.69) is 5.32 Å². The number of methoxy groups -OCH3 is 1. The van der Waals surface area contributed by atoms with Crippen LogP contribution in [0, 0.1) is 6.92 Å². The van der Waals surface area contributed by atoms with E-state index in [1.807, 2.05) is 20.0 Å². The van der Waals surface area contributed by atoms with Crippen LogP contribution in [0.5, 0.6) is 11.5 Å². The van der Waals surface area contributed by atoms with Crippen molar-refractivity contribution in [1.82, 2.24) is 5.32 Å². The number of ether oxygens (including phenoxy) is 2. The normalized spacial score (nSPS) is 10.2. The van der Waals surface area contributed by atoms with Gasteiger partial charge in [-0.15, -0.1) is 0 Å². The number of carbonyl (C=O) groups is 1. The Labute approximate surface area is 108 Å². The number of benzene rings is 1. The lowest BCUT2D eigenvalue weighted by atomic mass is 10.0. The van der Waals surface area contributed by atoms with Crippen LogP contribution in [0.4, 0.5) is 0 Å². The van der Waals surface area contributed by atoms with Crippen molar-refractivity contribution in [3.05, 3.63) is 23.3 Å². The molecule has 0 atom stereocenters. The van der Waals surface area contributed by atoms with Crippen molar-refractivity contribution >= 4 is 5.97 Å². The van der Waals surface area contributed by atoms with Crippen molar-refractivity contribution in [2.75, 3.05) is 20.7 Å².